The molecule has 0 aromatic heterocycles. The highest BCUT2D eigenvalue weighted by Gasteiger charge is 2.30. The van der Waals surface area contributed by atoms with E-state index in [1.165, 1.54) is 5.56 Å². The average Bonchev–Trinajstić information content (AvgIpc) is 3.13. The summed E-state index contributed by atoms with van der Waals surface area (Å²) < 4.78 is 12.0. The van der Waals surface area contributed by atoms with E-state index in [0.717, 1.165) is 35.3 Å². The number of halogens is 1. The van der Waals surface area contributed by atoms with Crippen molar-refractivity contribution < 1.29 is 14.3 Å². The maximum Gasteiger partial charge on any atom is 0.263 e. The Morgan fingerprint density at radius 3 is 2.62 bits per heavy atom. The molecular weight excluding hydrogens is 394 g/mol. The summed E-state index contributed by atoms with van der Waals surface area (Å²) in [6, 6.07) is 14.0. The molecule has 2 aromatic carbocycles. The molecule has 1 heterocycles. The third kappa shape index (κ3) is 4.21. The summed E-state index contributed by atoms with van der Waals surface area (Å²) in [4.78, 5) is 14.7. The second-order valence-electron chi connectivity index (χ2n) is 6.74. The van der Waals surface area contributed by atoms with Gasteiger partial charge in [-0.2, -0.15) is 0 Å². The fourth-order valence-electron chi connectivity index (χ4n) is 3.31. The van der Waals surface area contributed by atoms with Gasteiger partial charge in [-0.25, -0.2) is 0 Å². The maximum atomic E-state index is 12.8. The van der Waals surface area contributed by atoms with Gasteiger partial charge in [-0.3, -0.25) is 4.79 Å². The van der Waals surface area contributed by atoms with Gasteiger partial charge in [0.15, 0.2) is 6.10 Å². The molecule has 26 heavy (non-hydrogen) atoms. The van der Waals surface area contributed by atoms with Crippen molar-refractivity contribution in [1.29, 1.82) is 0 Å². The van der Waals surface area contributed by atoms with E-state index in [4.69, 9.17) is 9.47 Å². The van der Waals surface area contributed by atoms with Crippen LogP contribution in [0.1, 0.15) is 30.4 Å². The minimum Gasteiger partial charge on any atom is -0.497 e. The molecule has 0 radical (unpaired) electrons. The van der Waals surface area contributed by atoms with Crippen LogP contribution in [0.5, 0.6) is 11.5 Å². The number of rotatable bonds is 5. The van der Waals surface area contributed by atoms with Crippen molar-refractivity contribution in [2.75, 3.05) is 20.2 Å². The largest absolute Gasteiger partial charge is 0.497 e. The Morgan fingerprint density at radius 2 is 1.96 bits per heavy atom. The van der Waals surface area contributed by atoms with Crippen LogP contribution >= 0.6 is 15.9 Å². The summed E-state index contributed by atoms with van der Waals surface area (Å²) in [6.07, 6.45) is 0.461. The van der Waals surface area contributed by atoms with Gasteiger partial charge in [0.25, 0.3) is 5.91 Å². The highest BCUT2D eigenvalue weighted by atomic mass is 79.9. The number of amides is 1. The van der Waals surface area contributed by atoms with Crippen molar-refractivity contribution in [1.82, 2.24) is 4.90 Å². The zero-order chi connectivity index (χ0) is 18.7. The van der Waals surface area contributed by atoms with Gasteiger partial charge in [-0.15, -0.1) is 0 Å². The molecule has 0 saturated carbocycles. The molecule has 138 valence electrons. The first-order chi connectivity index (χ1) is 12.5. The Balaban J connectivity index is 1.61. The molecule has 2 aromatic rings. The van der Waals surface area contributed by atoms with Gasteiger partial charge in [-0.05, 0) is 71.6 Å². The number of methoxy groups -OCH3 is 1. The third-order valence-corrected chi connectivity index (χ3v) is 5.45. The first kappa shape index (κ1) is 18.8. The number of hydrogen-bond acceptors (Lipinski definition) is 3. The lowest BCUT2D eigenvalue weighted by Crippen LogP contribution is -2.39. The molecule has 3 rings (SSSR count). The first-order valence-corrected chi connectivity index (χ1v) is 9.62. The molecule has 1 aliphatic heterocycles. The van der Waals surface area contributed by atoms with Crippen molar-refractivity contribution in [3.8, 4) is 11.5 Å². The summed E-state index contributed by atoms with van der Waals surface area (Å²) in [7, 11) is 1.67. The van der Waals surface area contributed by atoms with Crippen molar-refractivity contribution >= 4 is 21.8 Å². The molecular formula is C21H24BrNO3. The molecule has 5 heteroatoms. The van der Waals surface area contributed by atoms with Gasteiger partial charge in [0, 0.05) is 19.0 Å². The lowest BCUT2D eigenvalue weighted by molar-refractivity contribution is -0.136. The van der Waals surface area contributed by atoms with Crippen molar-refractivity contribution in [2.45, 2.75) is 32.3 Å². The summed E-state index contributed by atoms with van der Waals surface area (Å²) >= 11 is 3.50. The van der Waals surface area contributed by atoms with Crippen LogP contribution in [0, 0.1) is 6.92 Å². The lowest BCUT2D eigenvalue weighted by Gasteiger charge is -2.22. The first-order valence-electron chi connectivity index (χ1n) is 8.83. The molecule has 1 amide bonds. The van der Waals surface area contributed by atoms with Gasteiger partial charge >= 0.3 is 0 Å². The molecule has 1 aliphatic rings. The van der Waals surface area contributed by atoms with Crippen molar-refractivity contribution in [3.63, 3.8) is 0 Å². The molecule has 4 nitrogen and oxygen atoms in total. The fraction of sp³-hybridized carbons (Fsp3) is 0.381. The van der Waals surface area contributed by atoms with Gasteiger partial charge in [0.1, 0.15) is 11.5 Å². The van der Waals surface area contributed by atoms with Crippen LogP contribution in [0.15, 0.2) is 46.9 Å². The van der Waals surface area contributed by atoms with E-state index in [1.54, 1.807) is 7.11 Å². The predicted molar refractivity (Wildman–Crippen MR) is 106 cm³/mol. The molecule has 1 fully saturated rings. The SMILES string of the molecule is COc1ccc(C2CCN(C(=O)C(C)Oc3ccc(C)cc3Br)C2)cc1. The van der Waals surface area contributed by atoms with Crippen LogP contribution in [0.3, 0.4) is 0 Å². The van der Waals surface area contributed by atoms with E-state index in [2.05, 4.69) is 28.1 Å². The van der Waals surface area contributed by atoms with Gasteiger partial charge in [-0.1, -0.05) is 18.2 Å². The van der Waals surface area contributed by atoms with E-state index >= 15 is 0 Å². The summed E-state index contributed by atoms with van der Waals surface area (Å²) in [5, 5.41) is 0. The van der Waals surface area contributed by atoms with Gasteiger partial charge in [0.05, 0.1) is 11.6 Å². The van der Waals surface area contributed by atoms with E-state index in [0.29, 0.717) is 11.7 Å². The Hall–Kier alpha value is -2.01. The van der Waals surface area contributed by atoms with E-state index in [9.17, 15) is 4.79 Å². The van der Waals surface area contributed by atoms with Crippen LogP contribution < -0.4 is 9.47 Å². The molecule has 0 spiro atoms. The monoisotopic (exact) mass is 417 g/mol. The second-order valence-corrected chi connectivity index (χ2v) is 7.59. The topological polar surface area (TPSA) is 38.8 Å². The number of nitrogens with zero attached hydrogens (tertiary/aromatic N) is 1. The summed E-state index contributed by atoms with van der Waals surface area (Å²) in [5.41, 5.74) is 2.39. The highest BCUT2D eigenvalue weighted by Crippen LogP contribution is 2.30. The maximum absolute atomic E-state index is 12.8. The summed E-state index contributed by atoms with van der Waals surface area (Å²) in [5.74, 6) is 1.95. The number of hydrogen-bond donors (Lipinski definition) is 0. The van der Waals surface area contributed by atoms with Gasteiger partial charge in [0.2, 0.25) is 0 Å². The van der Waals surface area contributed by atoms with E-state index in [-0.39, 0.29) is 5.91 Å². The molecule has 0 bridgehead atoms. The zero-order valence-corrected chi connectivity index (χ0v) is 17.0. The van der Waals surface area contributed by atoms with Crippen LogP contribution in [0.4, 0.5) is 0 Å². The zero-order valence-electron chi connectivity index (χ0n) is 15.4. The Kier molecular flexibility index (Phi) is 5.87. The Morgan fingerprint density at radius 1 is 1.23 bits per heavy atom. The molecule has 0 N–H and O–H groups in total. The normalized spacial score (nSPS) is 17.8. The molecule has 1 saturated heterocycles. The molecule has 2 unspecified atom stereocenters. The van der Waals surface area contributed by atoms with Gasteiger partial charge < -0.3 is 14.4 Å². The van der Waals surface area contributed by atoms with E-state index < -0.39 is 6.10 Å². The number of benzene rings is 2. The van der Waals surface area contributed by atoms with Crippen molar-refractivity contribution in [3.05, 3.63) is 58.1 Å². The number of carbonyl (C=O) groups excluding carboxylic acids is 1. The third-order valence-electron chi connectivity index (χ3n) is 4.83. The second kappa shape index (κ2) is 8.12. The van der Waals surface area contributed by atoms with Crippen LogP contribution in [0.2, 0.25) is 0 Å². The quantitative estimate of drug-likeness (QED) is 0.715. The number of likely N-dealkylation sites (tertiary alicyclic amines) is 1. The Bertz CT molecular complexity index is 775. The molecule has 0 aliphatic carbocycles. The average molecular weight is 418 g/mol. The summed E-state index contributed by atoms with van der Waals surface area (Å²) in [6.45, 7) is 5.33. The van der Waals surface area contributed by atoms with Crippen LogP contribution in [-0.2, 0) is 4.79 Å². The predicted octanol–water partition coefficient (Wildman–Crippen LogP) is 4.55. The standard InChI is InChI=1S/C21H24BrNO3/c1-14-4-9-20(19(22)12-14)26-15(2)21(24)23-11-10-17(13-23)16-5-7-18(25-3)8-6-16/h4-9,12,15,17H,10-11,13H2,1-3H3. The minimum absolute atomic E-state index is 0.0356. The number of ether oxygens (including phenoxy) is 2. The van der Waals surface area contributed by atoms with Crippen LogP contribution in [-0.4, -0.2) is 37.1 Å². The minimum atomic E-state index is -0.511. The van der Waals surface area contributed by atoms with E-state index in [1.807, 2.05) is 49.1 Å². The number of aryl methyl sites for hydroxylation is 1. The van der Waals surface area contributed by atoms with Crippen molar-refractivity contribution in [2.24, 2.45) is 0 Å². The Labute approximate surface area is 163 Å². The fourth-order valence-corrected chi connectivity index (χ4v) is 3.89. The van der Waals surface area contributed by atoms with Crippen LogP contribution in [0.25, 0.3) is 0 Å². The smallest absolute Gasteiger partial charge is 0.263 e. The molecule has 2 atom stereocenters. The number of carbonyl (C=O) groups is 1. The highest BCUT2D eigenvalue weighted by molar-refractivity contribution is 9.10. The lowest BCUT2D eigenvalue weighted by atomic mass is 9.98.